The molecule has 0 aromatic carbocycles. The van der Waals surface area contributed by atoms with Gasteiger partial charge in [-0.3, -0.25) is 4.98 Å². The lowest BCUT2D eigenvalue weighted by atomic mass is 9.73. The van der Waals surface area contributed by atoms with E-state index in [9.17, 15) is 5.11 Å². The lowest BCUT2D eigenvalue weighted by Crippen LogP contribution is -2.37. The molecule has 2 rings (SSSR count). The normalized spacial score (nSPS) is 28.6. The minimum absolute atomic E-state index is 0.487. The zero-order chi connectivity index (χ0) is 13.0. The highest BCUT2D eigenvalue weighted by molar-refractivity contribution is 5.13. The molecule has 0 aliphatic heterocycles. The fourth-order valence-corrected chi connectivity index (χ4v) is 3.37. The molecule has 1 heterocycles. The van der Waals surface area contributed by atoms with Crippen molar-refractivity contribution in [2.45, 2.75) is 58.0 Å². The van der Waals surface area contributed by atoms with E-state index in [-0.39, 0.29) is 0 Å². The zero-order valence-electron chi connectivity index (χ0n) is 11.6. The molecule has 1 saturated carbocycles. The maximum Gasteiger partial charge on any atom is 0.0690 e. The fourth-order valence-electron chi connectivity index (χ4n) is 3.37. The van der Waals surface area contributed by atoms with Gasteiger partial charge in [0.15, 0.2) is 0 Å². The van der Waals surface area contributed by atoms with Gasteiger partial charge in [-0.1, -0.05) is 26.7 Å². The molecule has 2 unspecified atom stereocenters. The van der Waals surface area contributed by atoms with E-state index in [1.807, 2.05) is 24.5 Å². The molecule has 1 aliphatic carbocycles. The number of nitrogens with zero attached hydrogens (tertiary/aromatic N) is 1. The summed E-state index contributed by atoms with van der Waals surface area (Å²) in [5.41, 5.74) is 0.719. The topological polar surface area (TPSA) is 33.1 Å². The quantitative estimate of drug-likeness (QED) is 0.882. The SMILES string of the molecule is CC(C)CC1CCCC(O)(Cc2ccncc2)C1. The third-order valence-corrected chi connectivity index (χ3v) is 4.01. The van der Waals surface area contributed by atoms with Gasteiger partial charge < -0.3 is 5.11 Å². The molecule has 0 spiro atoms. The van der Waals surface area contributed by atoms with E-state index in [1.54, 1.807) is 0 Å². The number of pyridine rings is 1. The van der Waals surface area contributed by atoms with Crippen LogP contribution in [0.2, 0.25) is 0 Å². The van der Waals surface area contributed by atoms with E-state index < -0.39 is 5.60 Å². The van der Waals surface area contributed by atoms with Crippen molar-refractivity contribution in [3.63, 3.8) is 0 Å². The van der Waals surface area contributed by atoms with Crippen molar-refractivity contribution in [1.82, 2.24) is 4.98 Å². The van der Waals surface area contributed by atoms with E-state index in [0.717, 1.165) is 25.2 Å². The number of aliphatic hydroxyl groups is 1. The number of hydrogen-bond acceptors (Lipinski definition) is 2. The van der Waals surface area contributed by atoms with Crippen molar-refractivity contribution in [3.05, 3.63) is 30.1 Å². The molecule has 1 aliphatic rings. The molecular formula is C16H25NO. The summed E-state index contributed by atoms with van der Waals surface area (Å²) in [6.07, 6.45) is 10.0. The van der Waals surface area contributed by atoms with Crippen molar-refractivity contribution in [1.29, 1.82) is 0 Å². The van der Waals surface area contributed by atoms with Crippen LogP contribution >= 0.6 is 0 Å². The first-order chi connectivity index (χ1) is 8.57. The fraction of sp³-hybridized carbons (Fsp3) is 0.688. The molecule has 100 valence electrons. The van der Waals surface area contributed by atoms with Crippen LogP contribution in [0.4, 0.5) is 0 Å². The molecule has 0 bridgehead atoms. The van der Waals surface area contributed by atoms with Crippen molar-refractivity contribution in [2.75, 3.05) is 0 Å². The van der Waals surface area contributed by atoms with E-state index in [1.165, 1.54) is 24.8 Å². The van der Waals surface area contributed by atoms with E-state index in [4.69, 9.17) is 0 Å². The average molecular weight is 247 g/mol. The molecular weight excluding hydrogens is 222 g/mol. The van der Waals surface area contributed by atoms with Crippen LogP contribution in [0.15, 0.2) is 24.5 Å². The first kappa shape index (κ1) is 13.5. The smallest absolute Gasteiger partial charge is 0.0690 e. The van der Waals surface area contributed by atoms with Gasteiger partial charge in [-0.25, -0.2) is 0 Å². The Balaban J connectivity index is 1.97. The van der Waals surface area contributed by atoms with Crippen LogP contribution < -0.4 is 0 Å². The lowest BCUT2D eigenvalue weighted by molar-refractivity contribution is -0.0189. The molecule has 0 saturated heterocycles. The highest BCUT2D eigenvalue weighted by Gasteiger charge is 2.34. The maximum atomic E-state index is 10.8. The molecule has 1 fully saturated rings. The number of hydrogen-bond donors (Lipinski definition) is 1. The summed E-state index contributed by atoms with van der Waals surface area (Å²) in [5.74, 6) is 1.43. The van der Waals surface area contributed by atoms with Crippen LogP contribution in [0.3, 0.4) is 0 Å². The second kappa shape index (κ2) is 5.83. The van der Waals surface area contributed by atoms with Crippen LogP contribution in [0, 0.1) is 11.8 Å². The van der Waals surface area contributed by atoms with Gasteiger partial charge in [0.25, 0.3) is 0 Å². The van der Waals surface area contributed by atoms with Crippen LogP contribution in [-0.2, 0) is 6.42 Å². The summed E-state index contributed by atoms with van der Waals surface area (Å²) in [6.45, 7) is 4.55. The Labute approximate surface area is 110 Å². The Morgan fingerprint density at radius 3 is 2.78 bits per heavy atom. The van der Waals surface area contributed by atoms with Crippen molar-refractivity contribution >= 4 is 0 Å². The van der Waals surface area contributed by atoms with Gasteiger partial charge in [0.2, 0.25) is 0 Å². The Morgan fingerprint density at radius 2 is 2.11 bits per heavy atom. The third-order valence-electron chi connectivity index (χ3n) is 4.01. The minimum Gasteiger partial charge on any atom is -0.390 e. The van der Waals surface area contributed by atoms with E-state index >= 15 is 0 Å². The van der Waals surface area contributed by atoms with Gasteiger partial charge in [-0.2, -0.15) is 0 Å². The van der Waals surface area contributed by atoms with Crippen LogP contribution in [-0.4, -0.2) is 15.7 Å². The van der Waals surface area contributed by atoms with Crippen LogP contribution in [0.1, 0.15) is 51.5 Å². The lowest BCUT2D eigenvalue weighted by Gasteiger charge is -2.37. The van der Waals surface area contributed by atoms with Gasteiger partial charge in [0.1, 0.15) is 0 Å². The van der Waals surface area contributed by atoms with E-state index in [0.29, 0.717) is 5.92 Å². The highest BCUT2D eigenvalue weighted by atomic mass is 16.3. The minimum atomic E-state index is -0.487. The van der Waals surface area contributed by atoms with Crippen LogP contribution in [0.25, 0.3) is 0 Å². The van der Waals surface area contributed by atoms with E-state index in [2.05, 4.69) is 18.8 Å². The van der Waals surface area contributed by atoms with Gasteiger partial charge in [-0.15, -0.1) is 0 Å². The molecule has 2 atom stereocenters. The predicted molar refractivity (Wildman–Crippen MR) is 74.3 cm³/mol. The van der Waals surface area contributed by atoms with Crippen LogP contribution in [0.5, 0.6) is 0 Å². The largest absolute Gasteiger partial charge is 0.390 e. The highest BCUT2D eigenvalue weighted by Crippen LogP contribution is 2.37. The zero-order valence-corrected chi connectivity index (χ0v) is 11.6. The Bertz CT molecular complexity index is 363. The summed E-state index contributed by atoms with van der Waals surface area (Å²) in [5, 5.41) is 10.8. The first-order valence-electron chi connectivity index (χ1n) is 7.19. The second-order valence-corrected chi connectivity index (χ2v) is 6.35. The summed E-state index contributed by atoms with van der Waals surface area (Å²) < 4.78 is 0. The summed E-state index contributed by atoms with van der Waals surface area (Å²) in [6, 6.07) is 4.04. The molecule has 1 N–H and O–H groups in total. The average Bonchev–Trinajstić information content (AvgIpc) is 2.28. The molecule has 1 aromatic rings. The Hall–Kier alpha value is -0.890. The van der Waals surface area contributed by atoms with Gasteiger partial charge in [-0.05, 0) is 48.8 Å². The molecule has 2 heteroatoms. The van der Waals surface area contributed by atoms with Gasteiger partial charge in [0, 0.05) is 18.8 Å². The summed E-state index contributed by atoms with van der Waals surface area (Å²) in [7, 11) is 0. The summed E-state index contributed by atoms with van der Waals surface area (Å²) >= 11 is 0. The molecule has 2 nitrogen and oxygen atoms in total. The number of rotatable bonds is 4. The first-order valence-corrected chi connectivity index (χ1v) is 7.19. The van der Waals surface area contributed by atoms with Crippen molar-refractivity contribution in [2.24, 2.45) is 11.8 Å². The Kier molecular flexibility index (Phi) is 4.39. The molecule has 1 aromatic heterocycles. The monoisotopic (exact) mass is 247 g/mol. The Morgan fingerprint density at radius 1 is 1.39 bits per heavy atom. The molecule has 18 heavy (non-hydrogen) atoms. The van der Waals surface area contributed by atoms with Gasteiger partial charge >= 0.3 is 0 Å². The predicted octanol–water partition coefficient (Wildman–Crippen LogP) is 3.59. The van der Waals surface area contributed by atoms with Crippen molar-refractivity contribution < 1.29 is 5.11 Å². The number of aromatic nitrogens is 1. The second-order valence-electron chi connectivity index (χ2n) is 6.35. The molecule has 0 radical (unpaired) electrons. The third kappa shape index (κ3) is 3.81. The molecule has 0 amide bonds. The maximum absolute atomic E-state index is 10.8. The summed E-state index contributed by atoms with van der Waals surface area (Å²) in [4.78, 5) is 4.03. The standard InChI is InChI=1S/C16H25NO/c1-13(2)10-15-4-3-7-16(18,12-15)11-14-5-8-17-9-6-14/h5-6,8-9,13,15,18H,3-4,7,10-12H2,1-2H3. The van der Waals surface area contributed by atoms with Crippen molar-refractivity contribution in [3.8, 4) is 0 Å². The van der Waals surface area contributed by atoms with Gasteiger partial charge in [0.05, 0.1) is 5.60 Å².